The molecule has 2 aromatic rings. The topological polar surface area (TPSA) is 59.1 Å². The van der Waals surface area contributed by atoms with Crippen molar-refractivity contribution in [3.05, 3.63) is 23.4 Å². The van der Waals surface area contributed by atoms with Crippen LogP contribution in [-0.2, 0) is 6.42 Å². The second-order valence-electron chi connectivity index (χ2n) is 3.98. The smallest absolute Gasteiger partial charge is 0.125 e. The first-order valence-corrected chi connectivity index (χ1v) is 5.92. The molecule has 0 bridgehead atoms. The van der Waals surface area contributed by atoms with Crippen molar-refractivity contribution in [1.82, 2.24) is 4.98 Å². The summed E-state index contributed by atoms with van der Waals surface area (Å²) in [5, 5.41) is 11.7. The maximum Gasteiger partial charge on any atom is 0.125 e. The minimum absolute atomic E-state index is 0.341. The van der Waals surface area contributed by atoms with Crippen molar-refractivity contribution in [1.29, 1.82) is 0 Å². The normalized spacial score (nSPS) is 20.5. The van der Waals surface area contributed by atoms with Crippen LogP contribution in [0.1, 0.15) is 30.2 Å². The molecule has 4 heteroatoms. The number of thiophene rings is 1. The van der Waals surface area contributed by atoms with Crippen molar-refractivity contribution in [3.63, 3.8) is 0 Å². The van der Waals surface area contributed by atoms with Crippen LogP contribution in [0.3, 0.4) is 0 Å². The van der Waals surface area contributed by atoms with Gasteiger partial charge in [-0.05, 0) is 31.4 Å². The minimum Gasteiger partial charge on any atom is -0.391 e. The number of hydrogen-bond donors (Lipinski definition) is 2. The summed E-state index contributed by atoms with van der Waals surface area (Å²) in [6.45, 7) is 0. The van der Waals surface area contributed by atoms with Crippen LogP contribution in [0.2, 0.25) is 0 Å². The van der Waals surface area contributed by atoms with Crippen molar-refractivity contribution < 1.29 is 5.11 Å². The summed E-state index contributed by atoms with van der Waals surface area (Å²) in [7, 11) is 0. The van der Waals surface area contributed by atoms with Gasteiger partial charge in [-0.1, -0.05) is 11.3 Å². The average Bonchev–Trinajstić information content (AvgIpc) is 2.55. The van der Waals surface area contributed by atoms with Gasteiger partial charge in [-0.3, -0.25) is 0 Å². The predicted octanol–water partition coefficient (Wildman–Crippen LogP) is 2.25. The second kappa shape index (κ2) is 3.18. The molecule has 0 aromatic carbocycles. The lowest BCUT2D eigenvalue weighted by molar-refractivity contribution is 0.156. The number of pyridine rings is 1. The predicted molar refractivity (Wildman–Crippen MR) is 61.9 cm³/mol. The molecule has 3 nitrogen and oxygen atoms in total. The van der Waals surface area contributed by atoms with E-state index in [0.717, 1.165) is 45.7 Å². The molecule has 0 amide bonds. The third-order valence-corrected chi connectivity index (χ3v) is 3.76. The van der Waals surface area contributed by atoms with Gasteiger partial charge in [0.05, 0.1) is 11.1 Å². The van der Waals surface area contributed by atoms with Crippen molar-refractivity contribution in [2.45, 2.75) is 25.4 Å². The SMILES string of the molecule is Nc1cc2cc3c(nc2s1)CCCC3O. The summed E-state index contributed by atoms with van der Waals surface area (Å²) in [5.74, 6) is 0. The molecule has 2 heterocycles. The van der Waals surface area contributed by atoms with Crippen LogP contribution in [0.15, 0.2) is 12.1 Å². The number of aromatic nitrogens is 1. The molecule has 0 saturated carbocycles. The van der Waals surface area contributed by atoms with Gasteiger partial charge in [-0.2, -0.15) is 0 Å². The van der Waals surface area contributed by atoms with Gasteiger partial charge in [-0.25, -0.2) is 4.98 Å². The van der Waals surface area contributed by atoms with Crippen molar-refractivity contribution in [2.75, 3.05) is 5.73 Å². The highest BCUT2D eigenvalue weighted by Crippen LogP contribution is 2.34. The highest BCUT2D eigenvalue weighted by molar-refractivity contribution is 7.22. The van der Waals surface area contributed by atoms with Crippen molar-refractivity contribution in [2.24, 2.45) is 0 Å². The van der Waals surface area contributed by atoms with E-state index in [0.29, 0.717) is 0 Å². The quantitative estimate of drug-likeness (QED) is 0.716. The molecule has 1 atom stereocenters. The molecule has 3 rings (SSSR count). The van der Waals surface area contributed by atoms with Gasteiger partial charge in [0.25, 0.3) is 0 Å². The maximum atomic E-state index is 9.86. The molecular formula is C11H12N2OS. The molecule has 3 N–H and O–H groups in total. The van der Waals surface area contributed by atoms with Crippen LogP contribution < -0.4 is 5.73 Å². The highest BCUT2D eigenvalue weighted by atomic mass is 32.1. The fraction of sp³-hybridized carbons (Fsp3) is 0.364. The first-order valence-electron chi connectivity index (χ1n) is 5.11. The number of fused-ring (bicyclic) bond motifs is 2. The van der Waals surface area contributed by atoms with Crippen LogP contribution in [0, 0.1) is 0 Å². The van der Waals surface area contributed by atoms with E-state index in [-0.39, 0.29) is 6.10 Å². The highest BCUT2D eigenvalue weighted by Gasteiger charge is 2.20. The Morgan fingerprint density at radius 1 is 1.47 bits per heavy atom. The van der Waals surface area contributed by atoms with Crippen molar-refractivity contribution in [3.8, 4) is 0 Å². The second-order valence-corrected chi connectivity index (χ2v) is 5.04. The molecular weight excluding hydrogens is 208 g/mol. The average molecular weight is 220 g/mol. The molecule has 0 fully saturated rings. The number of anilines is 1. The summed E-state index contributed by atoms with van der Waals surface area (Å²) in [4.78, 5) is 5.55. The Morgan fingerprint density at radius 3 is 3.20 bits per heavy atom. The Hall–Kier alpha value is -1.13. The molecule has 0 aliphatic heterocycles. The number of aliphatic hydroxyl groups excluding tert-OH is 1. The molecule has 0 saturated heterocycles. The van der Waals surface area contributed by atoms with E-state index in [2.05, 4.69) is 4.98 Å². The molecule has 0 radical (unpaired) electrons. The Kier molecular flexibility index (Phi) is 1.94. The molecule has 1 aliphatic carbocycles. The number of rotatable bonds is 0. The first kappa shape index (κ1) is 9.12. The molecule has 15 heavy (non-hydrogen) atoms. The number of aliphatic hydroxyl groups is 1. The number of hydrogen-bond acceptors (Lipinski definition) is 4. The number of aryl methyl sites for hydroxylation is 1. The van der Waals surface area contributed by atoms with E-state index >= 15 is 0 Å². The van der Waals surface area contributed by atoms with Crippen LogP contribution in [0.5, 0.6) is 0 Å². The minimum atomic E-state index is -0.341. The number of nitrogens with zero attached hydrogens (tertiary/aromatic N) is 1. The Balaban J connectivity index is 2.26. The standard InChI is InChI=1S/C11H12N2OS/c12-10-5-6-4-7-8(13-11(6)15-10)2-1-3-9(7)14/h4-5,9,14H,1-3,12H2. The summed E-state index contributed by atoms with van der Waals surface area (Å²) in [6, 6.07) is 3.96. The third kappa shape index (κ3) is 1.41. The summed E-state index contributed by atoms with van der Waals surface area (Å²) < 4.78 is 0. The molecule has 1 unspecified atom stereocenters. The molecule has 0 spiro atoms. The van der Waals surface area contributed by atoms with E-state index in [9.17, 15) is 5.11 Å². The Morgan fingerprint density at radius 2 is 2.33 bits per heavy atom. The lowest BCUT2D eigenvalue weighted by atomic mass is 9.93. The fourth-order valence-electron chi connectivity index (χ4n) is 2.15. The van der Waals surface area contributed by atoms with E-state index in [4.69, 9.17) is 5.73 Å². The zero-order valence-electron chi connectivity index (χ0n) is 8.23. The van der Waals surface area contributed by atoms with E-state index in [1.807, 2.05) is 12.1 Å². The lowest BCUT2D eigenvalue weighted by Gasteiger charge is -2.19. The van der Waals surface area contributed by atoms with Crippen LogP contribution in [-0.4, -0.2) is 10.1 Å². The molecule has 1 aliphatic rings. The van der Waals surface area contributed by atoms with Gasteiger partial charge in [0, 0.05) is 16.6 Å². The van der Waals surface area contributed by atoms with Gasteiger partial charge in [0.2, 0.25) is 0 Å². The van der Waals surface area contributed by atoms with Gasteiger partial charge in [0.1, 0.15) is 4.83 Å². The fourth-order valence-corrected chi connectivity index (χ4v) is 2.95. The van der Waals surface area contributed by atoms with Gasteiger partial charge in [-0.15, -0.1) is 0 Å². The largest absolute Gasteiger partial charge is 0.391 e. The van der Waals surface area contributed by atoms with Crippen LogP contribution >= 0.6 is 11.3 Å². The lowest BCUT2D eigenvalue weighted by Crippen LogP contribution is -2.10. The van der Waals surface area contributed by atoms with Gasteiger partial charge < -0.3 is 10.8 Å². The van der Waals surface area contributed by atoms with E-state index in [1.54, 1.807) is 0 Å². The van der Waals surface area contributed by atoms with Crippen LogP contribution in [0.25, 0.3) is 10.2 Å². The third-order valence-electron chi connectivity index (χ3n) is 2.89. The Bertz CT molecular complexity index is 521. The monoisotopic (exact) mass is 220 g/mol. The van der Waals surface area contributed by atoms with Gasteiger partial charge >= 0.3 is 0 Å². The first-order chi connectivity index (χ1) is 7.24. The number of nitrogens with two attached hydrogens (primary N) is 1. The van der Waals surface area contributed by atoms with Crippen LogP contribution in [0.4, 0.5) is 5.00 Å². The van der Waals surface area contributed by atoms with E-state index in [1.165, 1.54) is 11.3 Å². The Labute approximate surface area is 91.6 Å². The number of nitrogen functional groups attached to an aromatic ring is 1. The molecule has 2 aromatic heterocycles. The van der Waals surface area contributed by atoms with E-state index < -0.39 is 0 Å². The zero-order valence-corrected chi connectivity index (χ0v) is 9.05. The summed E-state index contributed by atoms with van der Waals surface area (Å²) >= 11 is 1.51. The zero-order chi connectivity index (χ0) is 10.4. The maximum absolute atomic E-state index is 9.86. The van der Waals surface area contributed by atoms with Crippen molar-refractivity contribution >= 4 is 26.6 Å². The summed E-state index contributed by atoms with van der Waals surface area (Å²) in [6.07, 6.45) is 2.50. The molecule has 78 valence electrons. The summed E-state index contributed by atoms with van der Waals surface area (Å²) in [5.41, 5.74) is 7.78. The van der Waals surface area contributed by atoms with Gasteiger partial charge in [0.15, 0.2) is 0 Å².